The second-order valence-electron chi connectivity index (χ2n) is 9.54. The molecule has 2 unspecified atom stereocenters. The molecule has 0 spiro atoms. The summed E-state index contributed by atoms with van der Waals surface area (Å²) in [5, 5.41) is 9.54. The lowest BCUT2D eigenvalue weighted by Crippen LogP contribution is -2.25. The lowest BCUT2D eigenvalue weighted by atomic mass is 9.89. The molecule has 2 fully saturated rings. The number of rotatable bonds is 4. The van der Waals surface area contributed by atoms with Crippen LogP contribution in [0.4, 0.5) is 4.39 Å². The van der Waals surface area contributed by atoms with Crippen LogP contribution in [0.25, 0.3) is 16.8 Å². The highest BCUT2D eigenvalue weighted by molar-refractivity contribution is 6.30. The van der Waals surface area contributed by atoms with E-state index in [1.165, 1.54) is 23.4 Å². The van der Waals surface area contributed by atoms with Gasteiger partial charge in [0.1, 0.15) is 5.82 Å². The van der Waals surface area contributed by atoms with Crippen molar-refractivity contribution in [3.63, 3.8) is 0 Å². The summed E-state index contributed by atoms with van der Waals surface area (Å²) in [7, 11) is 0. The maximum Gasteiger partial charge on any atom is 0.277 e. The third kappa shape index (κ3) is 4.04. The molecule has 1 aliphatic heterocycles. The second kappa shape index (κ2) is 8.53. The normalized spacial score (nSPS) is 20.5. The van der Waals surface area contributed by atoms with Crippen LogP contribution >= 0.6 is 11.6 Å². The first-order valence-electron chi connectivity index (χ1n) is 11.9. The molecule has 1 saturated heterocycles. The van der Waals surface area contributed by atoms with Crippen molar-refractivity contribution in [1.29, 1.82) is 0 Å². The lowest BCUT2D eigenvalue weighted by Gasteiger charge is -2.29. The molecule has 0 bridgehead atoms. The van der Waals surface area contributed by atoms with E-state index in [-0.39, 0.29) is 17.6 Å². The first-order valence-corrected chi connectivity index (χ1v) is 12.3. The monoisotopic (exact) mass is 493 g/mol. The molecule has 4 heterocycles. The summed E-state index contributed by atoms with van der Waals surface area (Å²) in [5.41, 5.74) is 3.82. The largest absolute Gasteiger partial charge is 0.373 e. The summed E-state index contributed by atoms with van der Waals surface area (Å²) in [6.45, 7) is 4.07. The Bertz CT molecular complexity index is 1510. The van der Waals surface area contributed by atoms with E-state index in [1.807, 2.05) is 16.9 Å². The maximum atomic E-state index is 15.0. The standard InChI is InChI=1S/C26H25ClFN5O2/c1-14-15(2)30-25-21(20-6-3-18(27)10-22(20)28)11-23(31-33(25)26(14)34)16-7-8-35-24(9-16)17-12-29-32(13-17)19-4-5-19/h3,6,10-13,16,19,24H,4-5,7-9H2,1-2H3. The molecule has 3 aromatic heterocycles. The molecule has 6 rings (SSSR count). The van der Waals surface area contributed by atoms with E-state index in [4.69, 9.17) is 21.4 Å². The van der Waals surface area contributed by atoms with E-state index in [9.17, 15) is 4.79 Å². The van der Waals surface area contributed by atoms with E-state index in [2.05, 4.69) is 16.3 Å². The highest BCUT2D eigenvalue weighted by atomic mass is 35.5. The van der Waals surface area contributed by atoms with E-state index in [1.54, 1.807) is 26.0 Å². The highest BCUT2D eigenvalue weighted by Crippen LogP contribution is 2.40. The van der Waals surface area contributed by atoms with Crippen LogP contribution in [0, 0.1) is 19.7 Å². The van der Waals surface area contributed by atoms with Gasteiger partial charge in [0, 0.05) is 51.7 Å². The van der Waals surface area contributed by atoms with E-state index in [0.717, 1.165) is 17.7 Å². The van der Waals surface area contributed by atoms with E-state index in [0.29, 0.717) is 52.1 Å². The number of benzene rings is 1. The topological polar surface area (TPSA) is 74.3 Å². The third-order valence-electron chi connectivity index (χ3n) is 7.12. The Morgan fingerprint density at radius 3 is 2.74 bits per heavy atom. The molecular formula is C26H25ClFN5O2. The Morgan fingerprint density at radius 2 is 1.97 bits per heavy atom. The zero-order valence-electron chi connectivity index (χ0n) is 19.5. The van der Waals surface area contributed by atoms with Gasteiger partial charge in [-0.05, 0) is 63.8 Å². The van der Waals surface area contributed by atoms with Gasteiger partial charge >= 0.3 is 0 Å². The lowest BCUT2D eigenvalue weighted by molar-refractivity contribution is 0.00443. The second-order valence-corrected chi connectivity index (χ2v) is 9.97. The number of ether oxygens (including phenoxy) is 1. The number of hydrogen-bond acceptors (Lipinski definition) is 5. The Hall–Kier alpha value is -3.10. The first-order chi connectivity index (χ1) is 16.9. The number of nitrogens with zero attached hydrogens (tertiary/aromatic N) is 5. The van der Waals surface area contributed by atoms with Gasteiger partial charge in [-0.3, -0.25) is 9.48 Å². The maximum absolute atomic E-state index is 15.0. The van der Waals surface area contributed by atoms with Gasteiger partial charge < -0.3 is 4.74 Å². The van der Waals surface area contributed by atoms with Gasteiger partial charge in [-0.1, -0.05) is 11.6 Å². The van der Waals surface area contributed by atoms with Crippen LogP contribution in [0.1, 0.15) is 66.3 Å². The molecule has 0 radical (unpaired) electrons. The summed E-state index contributed by atoms with van der Waals surface area (Å²) in [6.07, 6.45) is 7.64. The van der Waals surface area contributed by atoms with Crippen LogP contribution in [0.2, 0.25) is 5.02 Å². The van der Waals surface area contributed by atoms with Crippen LogP contribution in [0.5, 0.6) is 0 Å². The van der Waals surface area contributed by atoms with Crippen LogP contribution in [-0.4, -0.2) is 31.0 Å². The summed E-state index contributed by atoms with van der Waals surface area (Å²) in [4.78, 5) is 17.8. The van der Waals surface area contributed by atoms with Crippen molar-refractivity contribution < 1.29 is 9.13 Å². The average Bonchev–Trinajstić information content (AvgIpc) is 3.59. The molecule has 35 heavy (non-hydrogen) atoms. The fourth-order valence-electron chi connectivity index (χ4n) is 4.78. The predicted octanol–water partition coefficient (Wildman–Crippen LogP) is 5.33. The summed E-state index contributed by atoms with van der Waals surface area (Å²) >= 11 is 6.00. The van der Waals surface area contributed by atoms with Crippen molar-refractivity contribution in [3.05, 3.63) is 80.4 Å². The molecule has 2 atom stereocenters. The van der Waals surface area contributed by atoms with Crippen molar-refractivity contribution in [2.24, 2.45) is 0 Å². The predicted molar refractivity (Wildman–Crippen MR) is 130 cm³/mol. The number of aryl methyl sites for hydroxylation is 1. The van der Waals surface area contributed by atoms with Crippen LogP contribution in [0.3, 0.4) is 0 Å². The first kappa shape index (κ1) is 22.4. The highest BCUT2D eigenvalue weighted by Gasteiger charge is 2.30. The third-order valence-corrected chi connectivity index (χ3v) is 7.35. The zero-order chi connectivity index (χ0) is 24.3. The number of halogens is 2. The van der Waals surface area contributed by atoms with Gasteiger partial charge in [-0.15, -0.1) is 0 Å². The van der Waals surface area contributed by atoms with Gasteiger partial charge in [0.15, 0.2) is 5.65 Å². The molecule has 1 aliphatic carbocycles. The van der Waals surface area contributed by atoms with E-state index >= 15 is 4.39 Å². The average molecular weight is 494 g/mol. The van der Waals surface area contributed by atoms with Gasteiger partial charge in [0.05, 0.1) is 24.0 Å². The van der Waals surface area contributed by atoms with Crippen molar-refractivity contribution >= 4 is 17.2 Å². The number of aromatic nitrogens is 5. The van der Waals surface area contributed by atoms with Gasteiger partial charge in [0.25, 0.3) is 5.56 Å². The Balaban J connectivity index is 1.45. The van der Waals surface area contributed by atoms with Crippen molar-refractivity contribution in [1.82, 2.24) is 24.4 Å². The van der Waals surface area contributed by atoms with Crippen molar-refractivity contribution in [3.8, 4) is 11.1 Å². The van der Waals surface area contributed by atoms with Crippen LogP contribution < -0.4 is 5.56 Å². The van der Waals surface area contributed by atoms with Crippen molar-refractivity contribution in [2.45, 2.75) is 57.6 Å². The Morgan fingerprint density at radius 1 is 1.14 bits per heavy atom. The number of hydrogen-bond donors (Lipinski definition) is 0. The molecular weight excluding hydrogens is 469 g/mol. The minimum atomic E-state index is -0.471. The summed E-state index contributed by atoms with van der Waals surface area (Å²) < 4.78 is 24.4. The minimum absolute atomic E-state index is 0.0324. The molecule has 0 amide bonds. The molecule has 1 saturated carbocycles. The Kier molecular flexibility index (Phi) is 5.45. The molecule has 1 aromatic carbocycles. The van der Waals surface area contributed by atoms with Gasteiger partial charge in [-0.2, -0.15) is 14.7 Å². The van der Waals surface area contributed by atoms with Gasteiger partial charge in [0.2, 0.25) is 0 Å². The molecule has 0 N–H and O–H groups in total. The summed E-state index contributed by atoms with van der Waals surface area (Å²) in [5.74, 6) is -0.439. The molecule has 2 aliphatic rings. The van der Waals surface area contributed by atoms with Crippen LogP contribution in [-0.2, 0) is 4.74 Å². The fourth-order valence-corrected chi connectivity index (χ4v) is 4.94. The van der Waals surface area contributed by atoms with E-state index < -0.39 is 5.82 Å². The summed E-state index contributed by atoms with van der Waals surface area (Å²) in [6, 6.07) is 6.90. The number of fused-ring (bicyclic) bond motifs is 1. The molecule has 9 heteroatoms. The zero-order valence-corrected chi connectivity index (χ0v) is 20.3. The molecule has 4 aromatic rings. The molecule has 180 valence electrons. The fraction of sp³-hybridized carbons (Fsp3) is 0.385. The van der Waals surface area contributed by atoms with Crippen molar-refractivity contribution in [2.75, 3.05) is 6.61 Å². The quantitative estimate of drug-likeness (QED) is 0.384. The Labute approximate surface area is 206 Å². The SMILES string of the molecule is Cc1nc2c(-c3ccc(Cl)cc3F)cc(C3CCOC(c4cnn(C5CC5)c4)C3)nn2c(=O)c1C. The smallest absolute Gasteiger partial charge is 0.277 e. The molecule has 7 nitrogen and oxygen atoms in total. The minimum Gasteiger partial charge on any atom is -0.373 e. The van der Waals surface area contributed by atoms with Crippen LogP contribution in [0.15, 0.2) is 41.5 Å². The van der Waals surface area contributed by atoms with Gasteiger partial charge in [-0.25, -0.2) is 9.37 Å².